The van der Waals surface area contributed by atoms with Crippen LogP contribution in [0.5, 0.6) is 0 Å². The van der Waals surface area contributed by atoms with Gasteiger partial charge in [0.1, 0.15) is 24.4 Å². The molecular weight excluding hydrogens is 441 g/mol. The summed E-state index contributed by atoms with van der Waals surface area (Å²) in [7, 11) is -8.10. The maximum atomic E-state index is 10.7. The quantitative estimate of drug-likeness (QED) is 0.382. The average Bonchev–Trinajstić information content (AvgIpc) is 2.40. The molecule has 1 aliphatic heterocycles. The van der Waals surface area contributed by atoms with Gasteiger partial charge in [-0.3, -0.25) is 0 Å². The first-order chi connectivity index (χ1) is 12.7. The van der Waals surface area contributed by atoms with Crippen molar-refractivity contribution in [3.63, 3.8) is 0 Å². The Morgan fingerprint density at radius 3 is 1.34 bits per heavy atom. The highest BCUT2D eigenvalue weighted by molar-refractivity contribution is 6.71. The Morgan fingerprint density at radius 1 is 0.621 bits per heavy atom. The first-order valence-electron chi connectivity index (χ1n) is 10.4. The van der Waals surface area contributed by atoms with E-state index < -0.39 is 70.3 Å². The molecule has 174 valence electrons. The van der Waals surface area contributed by atoms with E-state index in [0.717, 1.165) is 0 Å². The average molecular weight is 485 g/mol. The van der Waals surface area contributed by atoms with Crippen LogP contribution < -0.4 is 0 Å². The molecule has 0 aliphatic carbocycles. The van der Waals surface area contributed by atoms with Crippen LogP contribution in [0.25, 0.3) is 0 Å². The molecule has 1 unspecified atom stereocenters. The van der Waals surface area contributed by atoms with Crippen LogP contribution in [-0.2, 0) is 22.4 Å². The third-order valence-corrected chi connectivity index (χ3v) is 7.60. The summed E-state index contributed by atoms with van der Waals surface area (Å²) in [6.07, 6.45) is -5.27. The molecule has 2 N–H and O–H groups in total. The Balaban J connectivity index is 3.40. The van der Waals surface area contributed by atoms with E-state index in [-0.39, 0.29) is 0 Å². The van der Waals surface area contributed by atoms with Gasteiger partial charge in [-0.2, -0.15) is 0 Å². The van der Waals surface area contributed by atoms with E-state index >= 15 is 0 Å². The summed E-state index contributed by atoms with van der Waals surface area (Å²) < 4.78 is 31.5. The molecule has 1 heterocycles. The second-order valence-corrected chi connectivity index (χ2v) is 29.5. The Bertz CT molecular complexity index is 506. The van der Waals surface area contributed by atoms with Crippen molar-refractivity contribution in [1.29, 1.82) is 0 Å². The van der Waals surface area contributed by atoms with Crippen molar-refractivity contribution in [2.45, 2.75) is 116 Å². The molecule has 29 heavy (non-hydrogen) atoms. The van der Waals surface area contributed by atoms with Crippen molar-refractivity contribution in [1.82, 2.24) is 0 Å². The van der Waals surface area contributed by atoms with E-state index in [9.17, 15) is 10.2 Å². The molecule has 1 aliphatic rings. The van der Waals surface area contributed by atoms with Crippen molar-refractivity contribution in [2.75, 3.05) is 0 Å². The lowest BCUT2D eigenvalue weighted by atomic mass is 9.99. The summed E-state index contributed by atoms with van der Waals surface area (Å²) in [6, 6.07) is 0. The molecule has 0 aromatic heterocycles. The molecule has 0 radical (unpaired) electrons. The van der Waals surface area contributed by atoms with Gasteiger partial charge in [0.05, 0.1) is 0 Å². The highest BCUT2D eigenvalue weighted by atomic mass is 28.4. The van der Waals surface area contributed by atoms with Crippen molar-refractivity contribution < 1.29 is 32.7 Å². The number of aliphatic hydroxyl groups excluding tert-OH is 2. The summed E-state index contributed by atoms with van der Waals surface area (Å²) >= 11 is 0. The van der Waals surface area contributed by atoms with Gasteiger partial charge in [0.2, 0.25) is 0 Å². The lowest BCUT2D eigenvalue weighted by molar-refractivity contribution is -0.306. The first kappa shape index (κ1) is 27.6. The Labute approximate surface area is 181 Å². The predicted octanol–water partition coefficient (Wildman–Crippen LogP) is 3.53. The van der Waals surface area contributed by atoms with E-state index in [2.05, 4.69) is 78.6 Å². The standard InChI is InChI=1S/C18H44O7Si4/c1-26(2,3)22-14-13(19)17(20)21-16(15(14)23-27(4,5)6)18(24-28(7,8)9)25-29(10,11)12/h13-20H,1-12H3/t13-,14-,15+,16+,17?/m1/s1. The van der Waals surface area contributed by atoms with Crippen LogP contribution in [0, 0.1) is 0 Å². The number of rotatable bonds is 9. The molecular formula is C18H44O7Si4. The molecule has 1 rings (SSSR count). The molecule has 0 aromatic rings. The van der Waals surface area contributed by atoms with E-state index in [1.807, 2.05) is 0 Å². The van der Waals surface area contributed by atoms with Gasteiger partial charge in [-0.05, 0) is 78.6 Å². The molecule has 0 saturated carbocycles. The number of ether oxygens (including phenoxy) is 1. The summed E-state index contributed by atoms with van der Waals surface area (Å²) in [5, 5.41) is 21.2. The second-order valence-electron chi connectivity index (χ2n) is 11.7. The van der Waals surface area contributed by atoms with E-state index in [1.54, 1.807) is 0 Å². The van der Waals surface area contributed by atoms with Crippen molar-refractivity contribution >= 4 is 33.3 Å². The van der Waals surface area contributed by atoms with Crippen LogP contribution in [0.4, 0.5) is 0 Å². The molecule has 1 fully saturated rings. The maximum absolute atomic E-state index is 10.7. The molecule has 0 amide bonds. The van der Waals surface area contributed by atoms with Gasteiger partial charge in [-0.25, -0.2) is 0 Å². The maximum Gasteiger partial charge on any atom is 0.187 e. The largest absolute Gasteiger partial charge is 0.409 e. The monoisotopic (exact) mass is 484 g/mol. The van der Waals surface area contributed by atoms with Crippen molar-refractivity contribution in [3.05, 3.63) is 0 Å². The Morgan fingerprint density at radius 2 is 1.00 bits per heavy atom. The lowest BCUT2D eigenvalue weighted by Crippen LogP contribution is -2.67. The molecule has 5 atom stereocenters. The fraction of sp³-hybridized carbons (Fsp3) is 1.00. The van der Waals surface area contributed by atoms with Gasteiger partial charge in [0.25, 0.3) is 0 Å². The van der Waals surface area contributed by atoms with Crippen LogP contribution >= 0.6 is 0 Å². The molecule has 7 nitrogen and oxygen atoms in total. The van der Waals surface area contributed by atoms with Crippen molar-refractivity contribution in [3.8, 4) is 0 Å². The van der Waals surface area contributed by atoms with Gasteiger partial charge in [0.15, 0.2) is 45.8 Å². The number of hydrogen-bond donors (Lipinski definition) is 2. The summed E-state index contributed by atoms with van der Waals surface area (Å²) in [4.78, 5) is 0. The zero-order valence-electron chi connectivity index (χ0n) is 20.4. The smallest absolute Gasteiger partial charge is 0.187 e. The fourth-order valence-electron chi connectivity index (χ4n) is 3.02. The normalized spacial score (nSPS) is 30.1. The highest BCUT2D eigenvalue weighted by Crippen LogP contribution is 2.33. The Kier molecular flexibility index (Phi) is 9.15. The molecule has 0 aromatic carbocycles. The molecule has 0 bridgehead atoms. The van der Waals surface area contributed by atoms with Crippen LogP contribution in [0.2, 0.25) is 78.6 Å². The number of aliphatic hydroxyl groups is 2. The molecule has 0 spiro atoms. The third-order valence-electron chi connectivity index (χ3n) is 3.76. The van der Waals surface area contributed by atoms with Gasteiger partial charge in [-0.1, -0.05) is 0 Å². The summed E-state index contributed by atoms with van der Waals surface area (Å²) in [5.41, 5.74) is 0. The van der Waals surface area contributed by atoms with Gasteiger partial charge in [-0.15, -0.1) is 0 Å². The van der Waals surface area contributed by atoms with Gasteiger partial charge >= 0.3 is 0 Å². The Hall–Kier alpha value is 0.588. The third kappa shape index (κ3) is 10.2. The lowest BCUT2D eigenvalue weighted by Gasteiger charge is -2.49. The second kappa shape index (κ2) is 9.61. The van der Waals surface area contributed by atoms with E-state index in [1.165, 1.54) is 0 Å². The van der Waals surface area contributed by atoms with E-state index in [4.69, 9.17) is 22.4 Å². The molecule has 1 saturated heterocycles. The zero-order valence-corrected chi connectivity index (χ0v) is 24.4. The minimum atomic E-state index is -2.05. The van der Waals surface area contributed by atoms with Crippen LogP contribution in [0.3, 0.4) is 0 Å². The fourth-order valence-corrected chi connectivity index (χ4v) is 7.05. The minimum Gasteiger partial charge on any atom is -0.409 e. The molecule has 11 heteroatoms. The first-order valence-corrected chi connectivity index (χ1v) is 24.0. The summed E-state index contributed by atoms with van der Waals surface area (Å²) in [5.74, 6) is 0. The zero-order chi connectivity index (χ0) is 23.0. The number of hydrogen-bond acceptors (Lipinski definition) is 7. The van der Waals surface area contributed by atoms with Crippen LogP contribution in [0.15, 0.2) is 0 Å². The minimum absolute atomic E-state index is 0.593. The van der Waals surface area contributed by atoms with Crippen LogP contribution in [-0.4, -0.2) is 80.5 Å². The predicted molar refractivity (Wildman–Crippen MR) is 126 cm³/mol. The highest BCUT2D eigenvalue weighted by Gasteiger charge is 2.53. The van der Waals surface area contributed by atoms with Gasteiger partial charge < -0.3 is 32.7 Å². The topological polar surface area (TPSA) is 86.6 Å². The van der Waals surface area contributed by atoms with Crippen molar-refractivity contribution in [2.24, 2.45) is 0 Å². The van der Waals surface area contributed by atoms with Crippen LogP contribution in [0.1, 0.15) is 0 Å². The van der Waals surface area contributed by atoms with E-state index in [0.29, 0.717) is 0 Å². The van der Waals surface area contributed by atoms with Gasteiger partial charge in [0, 0.05) is 0 Å². The summed E-state index contributed by atoms with van der Waals surface area (Å²) in [6.45, 7) is 24.9. The SMILES string of the molecule is C[Si](C)(C)OC(O[Si](C)(C)C)[C@H]1OC(O)[C@H](O)[C@@H](O[Si](C)(C)C)[C@@H]1O[Si](C)(C)C.